The van der Waals surface area contributed by atoms with Crippen molar-refractivity contribution in [2.45, 2.75) is 13.8 Å². The minimum Gasteiger partial charge on any atom is -0.454 e. The molecule has 0 saturated carbocycles. The first-order valence-corrected chi connectivity index (χ1v) is 7.82. The molecule has 0 aliphatic carbocycles. The van der Waals surface area contributed by atoms with Crippen molar-refractivity contribution in [3.8, 4) is 11.5 Å². The Kier molecular flexibility index (Phi) is 3.61. The smallest absolute Gasteiger partial charge is 0.291 e. The number of hydrogen-bond donors (Lipinski definition) is 1. The van der Waals surface area contributed by atoms with Crippen LogP contribution in [-0.2, 0) is 0 Å². The highest BCUT2D eigenvalue weighted by molar-refractivity contribution is 6.01. The first-order valence-electron chi connectivity index (χ1n) is 7.82. The van der Waals surface area contributed by atoms with Crippen molar-refractivity contribution in [1.29, 1.82) is 0 Å². The Morgan fingerprint density at radius 3 is 2.92 bits per heavy atom. The number of nitrogens with zero attached hydrogens (tertiary/aromatic N) is 3. The van der Waals surface area contributed by atoms with E-state index >= 15 is 0 Å². The van der Waals surface area contributed by atoms with Crippen LogP contribution >= 0.6 is 0 Å². The van der Waals surface area contributed by atoms with E-state index in [0.29, 0.717) is 22.9 Å². The lowest BCUT2D eigenvalue weighted by Crippen LogP contribution is -2.20. The summed E-state index contributed by atoms with van der Waals surface area (Å²) in [6, 6.07) is 11.2. The standard InChI is InChI=1S/C18H16N4O3/c1-11(13-6-7-14-15(9-13)25-10-24-14)20-21-18(23)17-12(2)22-8-4-3-5-16(22)19-17/h3-9H,10H2,1-2H3,(H,21,23). The lowest BCUT2D eigenvalue weighted by atomic mass is 10.1. The fourth-order valence-corrected chi connectivity index (χ4v) is 2.71. The average molecular weight is 336 g/mol. The van der Waals surface area contributed by atoms with Crippen LogP contribution in [-0.4, -0.2) is 27.8 Å². The highest BCUT2D eigenvalue weighted by atomic mass is 16.7. The Bertz CT molecular complexity index is 1010. The summed E-state index contributed by atoms with van der Waals surface area (Å²) in [6.07, 6.45) is 1.87. The number of amides is 1. The first-order chi connectivity index (χ1) is 12.1. The summed E-state index contributed by atoms with van der Waals surface area (Å²) >= 11 is 0. The van der Waals surface area contributed by atoms with E-state index in [0.717, 1.165) is 16.9 Å². The van der Waals surface area contributed by atoms with Crippen LogP contribution in [0.3, 0.4) is 0 Å². The molecule has 1 aliphatic heterocycles. The third-order valence-corrected chi connectivity index (χ3v) is 4.10. The maximum atomic E-state index is 12.4. The number of pyridine rings is 1. The maximum absolute atomic E-state index is 12.4. The summed E-state index contributed by atoms with van der Waals surface area (Å²) in [5.41, 5.74) is 5.92. The molecule has 1 N–H and O–H groups in total. The van der Waals surface area contributed by atoms with E-state index in [1.54, 1.807) is 0 Å². The summed E-state index contributed by atoms with van der Waals surface area (Å²) in [6.45, 7) is 3.89. The van der Waals surface area contributed by atoms with Crippen LogP contribution in [0.2, 0.25) is 0 Å². The number of nitrogens with one attached hydrogen (secondary N) is 1. The molecule has 3 aromatic rings. The van der Waals surface area contributed by atoms with Gasteiger partial charge in [0.15, 0.2) is 17.2 Å². The third kappa shape index (κ3) is 2.69. The topological polar surface area (TPSA) is 77.2 Å². The number of fused-ring (bicyclic) bond motifs is 2. The van der Waals surface area contributed by atoms with Crippen LogP contribution in [0.5, 0.6) is 11.5 Å². The number of rotatable bonds is 3. The molecule has 0 atom stereocenters. The number of carbonyl (C=O) groups excluding carboxylic acids is 1. The van der Waals surface area contributed by atoms with Crippen LogP contribution in [0.1, 0.15) is 28.7 Å². The van der Waals surface area contributed by atoms with Crippen molar-refractivity contribution in [3.05, 3.63) is 59.5 Å². The van der Waals surface area contributed by atoms with Crippen molar-refractivity contribution < 1.29 is 14.3 Å². The van der Waals surface area contributed by atoms with Crippen molar-refractivity contribution >= 4 is 17.3 Å². The largest absolute Gasteiger partial charge is 0.454 e. The van der Waals surface area contributed by atoms with Gasteiger partial charge in [0.1, 0.15) is 5.65 Å². The van der Waals surface area contributed by atoms with Gasteiger partial charge in [-0.3, -0.25) is 4.79 Å². The normalized spacial score (nSPS) is 13.3. The maximum Gasteiger partial charge on any atom is 0.291 e. The van der Waals surface area contributed by atoms with Gasteiger partial charge in [-0.2, -0.15) is 5.10 Å². The quantitative estimate of drug-likeness (QED) is 0.589. The molecule has 1 aliphatic rings. The van der Waals surface area contributed by atoms with E-state index in [-0.39, 0.29) is 12.7 Å². The lowest BCUT2D eigenvalue weighted by Gasteiger charge is -2.04. The third-order valence-electron chi connectivity index (χ3n) is 4.10. The molecule has 0 bridgehead atoms. The summed E-state index contributed by atoms with van der Waals surface area (Å²) in [5.74, 6) is 1.04. The van der Waals surface area contributed by atoms with Crippen molar-refractivity contribution in [2.75, 3.05) is 6.79 Å². The number of hydrazone groups is 1. The predicted octanol–water partition coefficient (Wildman–Crippen LogP) is 2.53. The predicted molar refractivity (Wildman–Crippen MR) is 92.2 cm³/mol. The fourth-order valence-electron chi connectivity index (χ4n) is 2.71. The summed E-state index contributed by atoms with van der Waals surface area (Å²) in [7, 11) is 0. The van der Waals surface area contributed by atoms with E-state index < -0.39 is 0 Å². The number of carbonyl (C=O) groups is 1. The number of benzene rings is 1. The van der Waals surface area contributed by atoms with Gasteiger partial charge in [0, 0.05) is 11.8 Å². The minimum atomic E-state index is -0.346. The Balaban J connectivity index is 1.55. The van der Waals surface area contributed by atoms with Gasteiger partial charge in [0.2, 0.25) is 6.79 Å². The van der Waals surface area contributed by atoms with Crippen LogP contribution in [0, 0.1) is 6.92 Å². The molecule has 0 radical (unpaired) electrons. The molecule has 25 heavy (non-hydrogen) atoms. The second kappa shape index (κ2) is 5.94. The molecule has 1 amide bonds. The van der Waals surface area contributed by atoms with E-state index in [1.165, 1.54) is 0 Å². The molecular weight excluding hydrogens is 320 g/mol. The highest BCUT2D eigenvalue weighted by Gasteiger charge is 2.16. The molecule has 1 aromatic carbocycles. The van der Waals surface area contributed by atoms with Gasteiger partial charge >= 0.3 is 0 Å². The average Bonchev–Trinajstić information content (AvgIpc) is 3.23. The highest BCUT2D eigenvalue weighted by Crippen LogP contribution is 2.32. The van der Waals surface area contributed by atoms with Crippen molar-refractivity contribution in [3.63, 3.8) is 0 Å². The fraction of sp³-hybridized carbons (Fsp3) is 0.167. The Labute approximate surface area is 143 Å². The molecule has 126 valence electrons. The van der Waals surface area contributed by atoms with E-state index in [9.17, 15) is 4.79 Å². The molecule has 0 unspecified atom stereocenters. The van der Waals surface area contributed by atoms with Gasteiger partial charge in [-0.25, -0.2) is 10.4 Å². The van der Waals surface area contributed by atoms with Gasteiger partial charge in [-0.05, 0) is 44.2 Å². The molecule has 3 heterocycles. The second-order valence-electron chi connectivity index (χ2n) is 5.68. The van der Waals surface area contributed by atoms with Crippen LogP contribution in [0.15, 0.2) is 47.7 Å². The van der Waals surface area contributed by atoms with Gasteiger partial charge in [-0.15, -0.1) is 0 Å². The number of aromatic nitrogens is 2. The molecule has 4 rings (SSSR count). The van der Waals surface area contributed by atoms with Gasteiger partial charge in [0.05, 0.1) is 11.4 Å². The number of hydrogen-bond acceptors (Lipinski definition) is 5. The summed E-state index contributed by atoms with van der Waals surface area (Å²) in [4.78, 5) is 16.8. The van der Waals surface area contributed by atoms with Crippen molar-refractivity contribution in [1.82, 2.24) is 14.8 Å². The summed E-state index contributed by atoms with van der Waals surface area (Å²) < 4.78 is 12.5. The van der Waals surface area contributed by atoms with Crippen LogP contribution < -0.4 is 14.9 Å². The molecule has 0 fully saturated rings. The van der Waals surface area contributed by atoms with Crippen molar-refractivity contribution in [2.24, 2.45) is 5.10 Å². The minimum absolute atomic E-state index is 0.221. The van der Waals surface area contributed by atoms with E-state index in [4.69, 9.17) is 9.47 Å². The first kappa shape index (κ1) is 15.2. The van der Waals surface area contributed by atoms with Crippen LogP contribution in [0.25, 0.3) is 5.65 Å². The molecule has 7 nitrogen and oxygen atoms in total. The van der Waals surface area contributed by atoms with Gasteiger partial charge in [0.25, 0.3) is 5.91 Å². The SMILES string of the molecule is CC(=NNC(=O)c1nc2ccccn2c1C)c1ccc2c(c1)OCO2. The monoisotopic (exact) mass is 336 g/mol. The zero-order chi connectivity index (χ0) is 17.4. The Hall–Kier alpha value is -3.35. The van der Waals surface area contributed by atoms with Gasteiger partial charge < -0.3 is 13.9 Å². The Morgan fingerprint density at radius 1 is 1.24 bits per heavy atom. The Morgan fingerprint density at radius 2 is 2.08 bits per heavy atom. The second-order valence-corrected chi connectivity index (χ2v) is 5.68. The summed E-state index contributed by atoms with van der Waals surface area (Å²) in [5, 5.41) is 4.18. The zero-order valence-corrected chi connectivity index (χ0v) is 13.8. The number of ether oxygens (including phenoxy) is 2. The van der Waals surface area contributed by atoms with E-state index in [2.05, 4.69) is 15.5 Å². The molecule has 2 aromatic heterocycles. The molecular formula is C18H16N4O3. The van der Waals surface area contributed by atoms with Crippen LogP contribution in [0.4, 0.5) is 0 Å². The molecule has 0 spiro atoms. The van der Waals surface area contributed by atoms with E-state index in [1.807, 2.05) is 60.8 Å². The lowest BCUT2D eigenvalue weighted by molar-refractivity contribution is 0.0950. The molecule has 7 heteroatoms. The number of aryl methyl sites for hydroxylation is 1. The van der Waals surface area contributed by atoms with Gasteiger partial charge in [-0.1, -0.05) is 6.07 Å². The zero-order valence-electron chi connectivity index (χ0n) is 13.8. The molecule has 0 saturated heterocycles. The number of imidazole rings is 1.